The van der Waals surface area contributed by atoms with E-state index in [1.807, 2.05) is 47.9 Å². The number of carbonyl (C=O) groups excluding carboxylic acids is 1. The molecule has 2 aliphatic heterocycles. The summed E-state index contributed by atoms with van der Waals surface area (Å²) in [6.45, 7) is 4.01. The van der Waals surface area contributed by atoms with E-state index >= 15 is 0 Å². The normalized spacial score (nSPS) is 19.5. The van der Waals surface area contributed by atoms with Crippen molar-refractivity contribution in [3.05, 3.63) is 53.7 Å². The summed E-state index contributed by atoms with van der Waals surface area (Å²) < 4.78 is 43.2. The highest BCUT2D eigenvalue weighted by atomic mass is 32.2. The molecule has 2 aromatic rings. The molecule has 1 spiro atoms. The Bertz CT molecular complexity index is 913. The maximum atomic E-state index is 12.4. The number of halogens is 3. The van der Waals surface area contributed by atoms with Crippen molar-refractivity contribution >= 4 is 23.6 Å². The van der Waals surface area contributed by atoms with E-state index in [-0.39, 0.29) is 16.8 Å². The molecule has 1 N–H and O–H groups in total. The van der Waals surface area contributed by atoms with Gasteiger partial charge in [0.15, 0.2) is 5.76 Å². The number of alkyl halides is 3. The molecule has 11 heteroatoms. The smallest absolute Gasteiger partial charge is 0.475 e. The summed E-state index contributed by atoms with van der Waals surface area (Å²) in [5, 5.41) is 7.12. The average Bonchev–Trinajstić information content (AvgIpc) is 3.32. The lowest BCUT2D eigenvalue weighted by Crippen LogP contribution is -2.60. The first-order valence-electron chi connectivity index (χ1n) is 9.39. The lowest BCUT2D eigenvalue weighted by atomic mass is 9.92. The van der Waals surface area contributed by atoms with Crippen LogP contribution in [0.2, 0.25) is 0 Å². The molecule has 1 atom stereocenters. The van der Waals surface area contributed by atoms with Crippen LogP contribution in [-0.4, -0.2) is 62.7 Å². The molecule has 0 radical (unpaired) electrons. The van der Waals surface area contributed by atoms with Crippen molar-refractivity contribution in [2.24, 2.45) is 0 Å². The van der Waals surface area contributed by atoms with E-state index in [2.05, 4.69) is 4.98 Å². The number of furan rings is 1. The standard InChI is InChI=1S/C18H20N2O3S.C2HF3O2/c1-13-5-7-22-16(13)17(21)20-11-18(12-20)8-15(10-24-18)23-9-14-4-2-3-6-19-14;3-2(4,5)1(6)7/h2-7,15H,8-12H2,1H3;(H,6,7). The van der Waals surface area contributed by atoms with Crippen LogP contribution in [0.15, 0.2) is 41.1 Å². The van der Waals surface area contributed by atoms with Gasteiger partial charge in [0.25, 0.3) is 5.91 Å². The maximum Gasteiger partial charge on any atom is 0.490 e. The molecule has 4 rings (SSSR count). The molecule has 2 saturated heterocycles. The zero-order valence-corrected chi connectivity index (χ0v) is 17.4. The number of hydrogen-bond acceptors (Lipinski definition) is 6. The summed E-state index contributed by atoms with van der Waals surface area (Å²) >= 11 is 1.93. The zero-order valence-electron chi connectivity index (χ0n) is 16.6. The van der Waals surface area contributed by atoms with Crippen molar-refractivity contribution in [3.63, 3.8) is 0 Å². The van der Waals surface area contributed by atoms with Crippen molar-refractivity contribution in [2.45, 2.75) is 37.0 Å². The van der Waals surface area contributed by atoms with Gasteiger partial charge >= 0.3 is 12.1 Å². The van der Waals surface area contributed by atoms with Gasteiger partial charge in [0, 0.05) is 30.6 Å². The third-order valence-corrected chi connectivity index (χ3v) is 6.49. The first kappa shape index (κ1) is 23.1. The Labute approximate surface area is 180 Å². The fraction of sp³-hybridized carbons (Fsp3) is 0.450. The number of carbonyl (C=O) groups is 2. The van der Waals surface area contributed by atoms with Crippen molar-refractivity contribution in [3.8, 4) is 0 Å². The lowest BCUT2D eigenvalue weighted by molar-refractivity contribution is -0.192. The molecule has 2 aromatic heterocycles. The second-order valence-electron chi connectivity index (χ2n) is 7.35. The number of rotatable bonds is 4. The van der Waals surface area contributed by atoms with Crippen molar-refractivity contribution in [1.29, 1.82) is 0 Å². The van der Waals surface area contributed by atoms with Gasteiger partial charge < -0.3 is 19.2 Å². The number of likely N-dealkylation sites (tertiary alicyclic amines) is 1. The van der Waals surface area contributed by atoms with Gasteiger partial charge in [-0.25, -0.2) is 4.79 Å². The van der Waals surface area contributed by atoms with E-state index in [4.69, 9.17) is 19.1 Å². The summed E-state index contributed by atoms with van der Waals surface area (Å²) in [6.07, 6.45) is -0.495. The van der Waals surface area contributed by atoms with Crippen molar-refractivity contribution < 1.29 is 37.0 Å². The molecule has 2 aliphatic rings. The van der Waals surface area contributed by atoms with Crippen molar-refractivity contribution in [1.82, 2.24) is 9.88 Å². The number of amides is 1. The third kappa shape index (κ3) is 5.79. The summed E-state index contributed by atoms with van der Waals surface area (Å²) in [6, 6.07) is 7.69. The summed E-state index contributed by atoms with van der Waals surface area (Å²) in [7, 11) is 0. The first-order valence-corrected chi connectivity index (χ1v) is 10.4. The topological polar surface area (TPSA) is 92.9 Å². The molecule has 1 amide bonds. The molecule has 168 valence electrons. The minimum Gasteiger partial charge on any atom is -0.475 e. The third-order valence-electron chi connectivity index (χ3n) is 4.91. The highest BCUT2D eigenvalue weighted by Crippen LogP contribution is 2.46. The van der Waals surface area contributed by atoms with Crippen LogP contribution in [0.4, 0.5) is 13.2 Å². The SMILES string of the molecule is Cc1ccoc1C(=O)N1CC2(CC(OCc3ccccn3)CS2)C1.O=C(O)C(F)(F)F. The summed E-state index contributed by atoms with van der Waals surface area (Å²) in [4.78, 5) is 27.5. The van der Waals surface area contributed by atoms with Gasteiger partial charge in [0.05, 0.1) is 29.4 Å². The molecule has 0 aliphatic carbocycles. The van der Waals surface area contributed by atoms with E-state index in [1.54, 1.807) is 12.5 Å². The molecule has 2 fully saturated rings. The van der Waals surface area contributed by atoms with Gasteiger partial charge in [-0.3, -0.25) is 9.78 Å². The number of ether oxygens (including phenoxy) is 1. The molecule has 0 saturated carbocycles. The second kappa shape index (κ2) is 9.31. The van der Waals surface area contributed by atoms with Gasteiger partial charge in [0.1, 0.15) is 0 Å². The number of thioether (sulfide) groups is 1. The number of nitrogens with zero attached hydrogens (tertiary/aromatic N) is 2. The predicted octanol–water partition coefficient (Wildman–Crippen LogP) is 3.53. The number of aromatic nitrogens is 1. The van der Waals surface area contributed by atoms with Crippen LogP contribution in [0.5, 0.6) is 0 Å². The molecular formula is C20H21F3N2O5S. The fourth-order valence-electron chi connectivity index (χ4n) is 3.35. The first-order chi connectivity index (χ1) is 14.6. The average molecular weight is 458 g/mol. The Morgan fingerprint density at radius 3 is 2.61 bits per heavy atom. The van der Waals surface area contributed by atoms with Crippen LogP contribution < -0.4 is 0 Å². The van der Waals surface area contributed by atoms with E-state index in [1.165, 1.54) is 0 Å². The van der Waals surface area contributed by atoms with Crippen LogP contribution in [0.25, 0.3) is 0 Å². The molecule has 0 bridgehead atoms. The maximum absolute atomic E-state index is 12.4. The Morgan fingerprint density at radius 2 is 2.06 bits per heavy atom. The predicted molar refractivity (Wildman–Crippen MR) is 106 cm³/mol. The number of carboxylic acid groups (broad SMARTS) is 1. The Morgan fingerprint density at radius 1 is 1.35 bits per heavy atom. The van der Waals surface area contributed by atoms with Crippen LogP contribution in [0.3, 0.4) is 0 Å². The van der Waals surface area contributed by atoms with Gasteiger partial charge in [-0.2, -0.15) is 13.2 Å². The van der Waals surface area contributed by atoms with Gasteiger partial charge in [-0.15, -0.1) is 11.8 Å². The van der Waals surface area contributed by atoms with E-state index in [9.17, 15) is 18.0 Å². The molecule has 1 unspecified atom stereocenters. The van der Waals surface area contributed by atoms with Crippen molar-refractivity contribution in [2.75, 3.05) is 18.8 Å². The lowest BCUT2D eigenvalue weighted by Gasteiger charge is -2.47. The highest BCUT2D eigenvalue weighted by Gasteiger charge is 2.51. The monoisotopic (exact) mass is 458 g/mol. The minimum atomic E-state index is -5.08. The Kier molecular flexibility index (Phi) is 6.95. The van der Waals surface area contributed by atoms with E-state index in [0.29, 0.717) is 12.4 Å². The van der Waals surface area contributed by atoms with Gasteiger partial charge in [0.2, 0.25) is 0 Å². The molecule has 0 aromatic carbocycles. The summed E-state index contributed by atoms with van der Waals surface area (Å²) in [5.41, 5.74) is 1.86. The molecule has 7 nitrogen and oxygen atoms in total. The van der Waals surface area contributed by atoms with Crippen LogP contribution in [0.1, 0.15) is 28.2 Å². The number of hydrogen-bond donors (Lipinski definition) is 1. The largest absolute Gasteiger partial charge is 0.490 e. The number of aliphatic carboxylic acids is 1. The molecule has 4 heterocycles. The van der Waals surface area contributed by atoms with Gasteiger partial charge in [-0.1, -0.05) is 6.07 Å². The van der Waals surface area contributed by atoms with Crippen LogP contribution in [-0.2, 0) is 16.1 Å². The number of aryl methyl sites for hydroxylation is 1. The Hall–Kier alpha value is -2.53. The minimum absolute atomic E-state index is 0.00146. The summed E-state index contributed by atoms with van der Waals surface area (Å²) in [5.74, 6) is -1.31. The number of carboxylic acids is 1. The fourth-order valence-corrected chi connectivity index (χ4v) is 4.90. The van der Waals surface area contributed by atoms with Crippen LogP contribution in [0, 0.1) is 6.92 Å². The Balaban J connectivity index is 0.000000339. The van der Waals surface area contributed by atoms with Gasteiger partial charge in [-0.05, 0) is 31.5 Å². The van der Waals surface area contributed by atoms with Crippen LogP contribution >= 0.6 is 11.8 Å². The molecular weight excluding hydrogens is 437 g/mol. The molecule has 31 heavy (non-hydrogen) atoms. The number of pyridine rings is 1. The van der Waals surface area contributed by atoms with E-state index in [0.717, 1.165) is 36.5 Å². The van der Waals surface area contributed by atoms with E-state index < -0.39 is 12.1 Å². The highest BCUT2D eigenvalue weighted by molar-refractivity contribution is 8.01. The second-order valence-corrected chi connectivity index (χ2v) is 8.84. The quantitative estimate of drug-likeness (QED) is 0.749. The zero-order chi connectivity index (χ0) is 22.6.